The van der Waals surface area contributed by atoms with Crippen molar-refractivity contribution in [2.75, 3.05) is 5.32 Å². The third kappa shape index (κ3) is 3.56. The number of rotatable bonds is 4. The lowest BCUT2D eigenvalue weighted by atomic mass is 10.1. The van der Waals surface area contributed by atoms with Crippen molar-refractivity contribution in [3.05, 3.63) is 82.3 Å². The van der Waals surface area contributed by atoms with E-state index < -0.39 is 0 Å². The molecule has 0 amide bonds. The Bertz CT molecular complexity index is 1040. The fourth-order valence-corrected chi connectivity index (χ4v) is 3.29. The number of hydrogen-bond donors (Lipinski definition) is 2. The van der Waals surface area contributed by atoms with Gasteiger partial charge in [0.15, 0.2) is 0 Å². The lowest BCUT2D eigenvalue weighted by Gasteiger charge is -2.08. The van der Waals surface area contributed by atoms with Crippen LogP contribution < -0.4 is 5.32 Å². The molecule has 0 radical (unpaired) electrons. The second-order valence-corrected chi connectivity index (χ2v) is 6.86. The number of nitrogens with zero attached hydrogens (tertiary/aromatic N) is 2. The number of aryl methyl sites for hydroxylation is 1. The smallest absolute Gasteiger partial charge is 0.135 e. The van der Waals surface area contributed by atoms with E-state index >= 15 is 0 Å². The molecule has 0 unspecified atom stereocenters. The zero-order valence-electron chi connectivity index (χ0n) is 13.8. The molecule has 2 aromatic carbocycles. The van der Waals surface area contributed by atoms with Crippen molar-refractivity contribution in [2.24, 2.45) is 0 Å². The first-order valence-electron chi connectivity index (χ1n) is 8.09. The van der Waals surface area contributed by atoms with E-state index in [4.69, 9.17) is 0 Å². The minimum absolute atomic E-state index is 0.687. The van der Waals surface area contributed by atoms with Crippen LogP contribution >= 0.6 is 15.9 Å². The van der Waals surface area contributed by atoms with Gasteiger partial charge in [0.25, 0.3) is 0 Å². The zero-order valence-corrected chi connectivity index (χ0v) is 15.3. The second kappa shape index (κ2) is 6.69. The number of aromatic nitrogens is 3. The highest BCUT2D eigenvalue weighted by atomic mass is 79.9. The van der Waals surface area contributed by atoms with Crippen LogP contribution in [0.4, 0.5) is 11.5 Å². The van der Waals surface area contributed by atoms with Crippen LogP contribution in [0.25, 0.3) is 10.9 Å². The number of fused-ring (bicyclic) bond motifs is 1. The molecule has 2 aromatic heterocycles. The maximum absolute atomic E-state index is 4.64. The highest BCUT2D eigenvalue weighted by Crippen LogP contribution is 2.23. The Hall–Kier alpha value is -2.66. The van der Waals surface area contributed by atoms with Crippen LogP contribution in [-0.4, -0.2) is 15.0 Å². The summed E-state index contributed by atoms with van der Waals surface area (Å²) in [5.41, 5.74) is 4.48. The van der Waals surface area contributed by atoms with Gasteiger partial charge in [-0.3, -0.25) is 0 Å². The molecule has 0 fully saturated rings. The van der Waals surface area contributed by atoms with Gasteiger partial charge in [0.1, 0.15) is 11.6 Å². The van der Waals surface area contributed by atoms with Crippen molar-refractivity contribution >= 4 is 38.3 Å². The molecule has 2 N–H and O–H groups in total. The zero-order chi connectivity index (χ0) is 17.2. The predicted molar refractivity (Wildman–Crippen MR) is 105 cm³/mol. The summed E-state index contributed by atoms with van der Waals surface area (Å²) in [6.07, 6.45) is 2.48. The molecular formula is C20H17BrN4. The van der Waals surface area contributed by atoms with Crippen LogP contribution in [0.3, 0.4) is 0 Å². The van der Waals surface area contributed by atoms with Gasteiger partial charge >= 0.3 is 0 Å². The van der Waals surface area contributed by atoms with Gasteiger partial charge in [-0.05, 0) is 48.9 Å². The largest absolute Gasteiger partial charge is 0.359 e. The highest BCUT2D eigenvalue weighted by molar-refractivity contribution is 9.10. The SMILES string of the molecule is Cc1cc2cc(Nc3ccnc(Cc4ccccc4Br)n3)ccc2[nH]1. The van der Waals surface area contributed by atoms with Crippen molar-refractivity contribution in [2.45, 2.75) is 13.3 Å². The molecule has 0 aliphatic carbocycles. The van der Waals surface area contributed by atoms with E-state index in [9.17, 15) is 0 Å². The fourth-order valence-electron chi connectivity index (χ4n) is 2.87. The van der Waals surface area contributed by atoms with Crippen LogP contribution in [0.5, 0.6) is 0 Å². The van der Waals surface area contributed by atoms with Crippen molar-refractivity contribution < 1.29 is 0 Å². The van der Waals surface area contributed by atoms with Gasteiger partial charge in [-0.2, -0.15) is 0 Å². The van der Waals surface area contributed by atoms with Crippen molar-refractivity contribution in [3.63, 3.8) is 0 Å². The summed E-state index contributed by atoms with van der Waals surface area (Å²) in [5.74, 6) is 1.58. The molecule has 0 aliphatic heterocycles. The molecule has 4 aromatic rings. The van der Waals surface area contributed by atoms with E-state index in [1.165, 1.54) is 10.9 Å². The minimum atomic E-state index is 0.687. The van der Waals surface area contributed by atoms with Crippen LogP contribution in [0.2, 0.25) is 0 Å². The van der Waals surface area contributed by atoms with E-state index in [0.717, 1.165) is 33.0 Å². The van der Waals surface area contributed by atoms with Gasteiger partial charge < -0.3 is 10.3 Å². The Morgan fingerprint density at radius 2 is 1.96 bits per heavy atom. The number of benzene rings is 2. The molecular weight excluding hydrogens is 376 g/mol. The number of anilines is 2. The number of aromatic amines is 1. The molecule has 5 heteroatoms. The Kier molecular flexibility index (Phi) is 4.24. The number of H-pyrrole nitrogens is 1. The van der Waals surface area contributed by atoms with Crippen molar-refractivity contribution in [1.82, 2.24) is 15.0 Å². The fraction of sp³-hybridized carbons (Fsp3) is 0.100. The third-order valence-corrected chi connectivity index (χ3v) is 4.81. The first-order chi connectivity index (χ1) is 12.2. The summed E-state index contributed by atoms with van der Waals surface area (Å²) in [5, 5.41) is 4.55. The van der Waals surface area contributed by atoms with Crippen molar-refractivity contribution in [1.29, 1.82) is 0 Å². The minimum Gasteiger partial charge on any atom is -0.359 e. The molecule has 0 saturated carbocycles. The lowest BCUT2D eigenvalue weighted by Crippen LogP contribution is -2.01. The summed E-state index contributed by atoms with van der Waals surface area (Å²) < 4.78 is 1.07. The first-order valence-corrected chi connectivity index (χ1v) is 8.88. The Labute approximate surface area is 154 Å². The number of halogens is 1. The second-order valence-electron chi connectivity index (χ2n) is 6.01. The van der Waals surface area contributed by atoms with E-state index in [1.54, 1.807) is 6.20 Å². The average molecular weight is 393 g/mol. The molecule has 0 spiro atoms. The van der Waals surface area contributed by atoms with Gasteiger partial charge in [0.2, 0.25) is 0 Å². The maximum Gasteiger partial charge on any atom is 0.135 e. The molecule has 0 saturated heterocycles. The van der Waals surface area contributed by atoms with Crippen LogP contribution in [0.15, 0.2) is 65.3 Å². The Morgan fingerprint density at radius 3 is 2.84 bits per heavy atom. The van der Waals surface area contributed by atoms with E-state index in [-0.39, 0.29) is 0 Å². The number of hydrogen-bond acceptors (Lipinski definition) is 3. The quantitative estimate of drug-likeness (QED) is 0.491. The summed E-state index contributed by atoms with van der Waals surface area (Å²) in [6, 6.07) is 18.4. The molecule has 4 nitrogen and oxygen atoms in total. The Balaban J connectivity index is 1.57. The number of nitrogens with one attached hydrogen (secondary N) is 2. The summed E-state index contributed by atoms with van der Waals surface area (Å²) in [6.45, 7) is 2.06. The third-order valence-electron chi connectivity index (χ3n) is 4.04. The molecule has 0 bridgehead atoms. The summed E-state index contributed by atoms with van der Waals surface area (Å²) in [4.78, 5) is 12.4. The van der Waals surface area contributed by atoms with Gasteiger partial charge in [-0.15, -0.1) is 0 Å². The predicted octanol–water partition coefficient (Wildman–Crippen LogP) is 5.36. The van der Waals surface area contributed by atoms with Crippen LogP contribution in [0.1, 0.15) is 17.1 Å². The van der Waals surface area contributed by atoms with Gasteiger partial charge in [0.05, 0.1) is 0 Å². The Morgan fingerprint density at radius 1 is 1.08 bits per heavy atom. The topological polar surface area (TPSA) is 53.6 Å². The normalized spacial score (nSPS) is 11.0. The van der Waals surface area contributed by atoms with Crippen LogP contribution in [-0.2, 0) is 6.42 Å². The standard InChI is InChI=1S/C20H17BrN4/c1-13-10-15-11-16(6-7-18(15)23-13)24-19-8-9-22-20(25-19)12-14-4-2-3-5-17(14)21/h2-11,23H,12H2,1H3,(H,22,24,25). The molecule has 0 aliphatic rings. The molecule has 124 valence electrons. The lowest BCUT2D eigenvalue weighted by molar-refractivity contribution is 0.968. The van der Waals surface area contributed by atoms with Gasteiger partial charge in [-0.1, -0.05) is 34.1 Å². The molecule has 25 heavy (non-hydrogen) atoms. The van der Waals surface area contributed by atoms with E-state index in [0.29, 0.717) is 6.42 Å². The van der Waals surface area contributed by atoms with Gasteiger partial charge in [0, 0.05) is 39.4 Å². The summed E-state index contributed by atoms with van der Waals surface area (Å²) >= 11 is 3.58. The van der Waals surface area contributed by atoms with E-state index in [2.05, 4.69) is 67.4 Å². The molecule has 0 atom stereocenters. The van der Waals surface area contributed by atoms with Crippen molar-refractivity contribution in [3.8, 4) is 0 Å². The summed E-state index contributed by atoms with van der Waals surface area (Å²) in [7, 11) is 0. The molecule has 2 heterocycles. The van der Waals surface area contributed by atoms with Gasteiger partial charge in [-0.25, -0.2) is 9.97 Å². The first kappa shape index (κ1) is 15.8. The maximum atomic E-state index is 4.64. The average Bonchev–Trinajstić information content (AvgIpc) is 2.97. The highest BCUT2D eigenvalue weighted by Gasteiger charge is 2.05. The monoisotopic (exact) mass is 392 g/mol. The molecule has 4 rings (SSSR count). The van der Waals surface area contributed by atoms with Crippen LogP contribution in [0, 0.1) is 6.92 Å². The van der Waals surface area contributed by atoms with E-state index in [1.807, 2.05) is 30.3 Å².